The second-order valence-corrected chi connectivity index (χ2v) is 7.36. The lowest BCUT2D eigenvalue weighted by Gasteiger charge is -2.34. The van der Waals surface area contributed by atoms with Crippen LogP contribution in [0.2, 0.25) is 5.02 Å². The quantitative estimate of drug-likeness (QED) is 0.755. The molecular weight excluding hydrogens is 350 g/mol. The first-order chi connectivity index (χ1) is 12.7. The van der Waals surface area contributed by atoms with Crippen LogP contribution in [0.25, 0.3) is 0 Å². The fourth-order valence-electron chi connectivity index (χ4n) is 3.75. The van der Waals surface area contributed by atoms with E-state index >= 15 is 0 Å². The minimum absolute atomic E-state index is 0.0613. The number of carbonyl (C=O) groups excluding carboxylic acids is 1. The molecule has 2 aliphatic rings. The Morgan fingerprint density at radius 3 is 2.50 bits per heavy atom. The first-order valence-corrected chi connectivity index (χ1v) is 9.53. The van der Waals surface area contributed by atoms with E-state index in [2.05, 4.69) is 0 Å². The molecule has 1 aliphatic carbocycles. The van der Waals surface area contributed by atoms with Gasteiger partial charge in [0.25, 0.3) is 5.91 Å². The number of amides is 1. The van der Waals surface area contributed by atoms with Crippen molar-refractivity contribution in [3.63, 3.8) is 0 Å². The Kier molecular flexibility index (Phi) is 5.02. The van der Waals surface area contributed by atoms with Crippen molar-refractivity contribution in [3.05, 3.63) is 58.6 Å². The maximum Gasteiger partial charge on any atom is 0.254 e. The van der Waals surface area contributed by atoms with Crippen LogP contribution >= 0.6 is 11.6 Å². The Bertz CT molecular complexity index is 784. The SMILES string of the molecule is O=C(c1ccc(Cl)cc1)N(Cc1ccc2c(c1)OCO2)C1CCCCC1. The third kappa shape index (κ3) is 3.65. The highest BCUT2D eigenvalue weighted by atomic mass is 35.5. The van der Waals surface area contributed by atoms with E-state index < -0.39 is 0 Å². The van der Waals surface area contributed by atoms with E-state index in [9.17, 15) is 4.79 Å². The van der Waals surface area contributed by atoms with Crippen molar-refractivity contribution >= 4 is 17.5 Å². The Morgan fingerprint density at radius 2 is 1.73 bits per heavy atom. The van der Waals surface area contributed by atoms with Gasteiger partial charge in [0.15, 0.2) is 11.5 Å². The standard InChI is InChI=1S/C21H22ClNO3/c22-17-9-7-16(8-10-17)21(24)23(18-4-2-1-3-5-18)13-15-6-11-19-20(12-15)26-14-25-19/h6-12,18H,1-5,13-14H2. The van der Waals surface area contributed by atoms with Crippen LogP contribution < -0.4 is 9.47 Å². The summed E-state index contributed by atoms with van der Waals surface area (Å²) in [4.78, 5) is 15.2. The molecule has 0 spiro atoms. The van der Waals surface area contributed by atoms with Crippen LogP contribution in [0.15, 0.2) is 42.5 Å². The average molecular weight is 372 g/mol. The van der Waals surface area contributed by atoms with E-state index in [0.717, 1.165) is 29.9 Å². The number of rotatable bonds is 4. The second kappa shape index (κ2) is 7.58. The number of fused-ring (bicyclic) bond motifs is 1. The van der Waals surface area contributed by atoms with E-state index in [1.807, 2.05) is 23.1 Å². The van der Waals surface area contributed by atoms with Crippen molar-refractivity contribution in [1.29, 1.82) is 0 Å². The lowest BCUT2D eigenvalue weighted by molar-refractivity contribution is 0.0614. The van der Waals surface area contributed by atoms with Gasteiger partial charge in [-0.3, -0.25) is 4.79 Å². The summed E-state index contributed by atoms with van der Waals surface area (Å²) in [5.41, 5.74) is 1.74. The normalized spacial score (nSPS) is 16.5. The molecule has 1 aliphatic heterocycles. The van der Waals surface area contributed by atoms with Gasteiger partial charge in [-0.25, -0.2) is 0 Å². The zero-order valence-corrected chi connectivity index (χ0v) is 15.4. The number of halogens is 1. The van der Waals surface area contributed by atoms with Gasteiger partial charge in [-0.2, -0.15) is 0 Å². The molecule has 1 fully saturated rings. The number of carbonyl (C=O) groups is 1. The van der Waals surface area contributed by atoms with E-state index in [-0.39, 0.29) is 18.7 Å². The summed E-state index contributed by atoms with van der Waals surface area (Å²) in [6.45, 7) is 0.831. The molecule has 2 aromatic carbocycles. The van der Waals surface area contributed by atoms with E-state index in [4.69, 9.17) is 21.1 Å². The Morgan fingerprint density at radius 1 is 1.00 bits per heavy atom. The Labute approximate surface area is 158 Å². The summed E-state index contributed by atoms with van der Waals surface area (Å²) in [6, 6.07) is 13.3. The van der Waals surface area contributed by atoms with Crippen molar-refractivity contribution in [3.8, 4) is 11.5 Å². The van der Waals surface area contributed by atoms with Crippen molar-refractivity contribution in [2.24, 2.45) is 0 Å². The van der Waals surface area contributed by atoms with Crippen LogP contribution in [0.5, 0.6) is 11.5 Å². The summed E-state index contributed by atoms with van der Waals surface area (Å²) in [5.74, 6) is 1.58. The van der Waals surface area contributed by atoms with E-state index in [1.165, 1.54) is 19.3 Å². The average Bonchev–Trinajstić information content (AvgIpc) is 3.15. The molecule has 4 nitrogen and oxygen atoms in total. The zero-order valence-electron chi connectivity index (χ0n) is 14.6. The number of nitrogens with zero attached hydrogens (tertiary/aromatic N) is 1. The summed E-state index contributed by atoms with van der Waals surface area (Å²) < 4.78 is 10.9. The topological polar surface area (TPSA) is 38.8 Å². The predicted octanol–water partition coefficient (Wildman–Crippen LogP) is 5.04. The van der Waals surface area contributed by atoms with Crippen LogP contribution in [0.4, 0.5) is 0 Å². The van der Waals surface area contributed by atoms with Crippen molar-refractivity contribution in [2.45, 2.75) is 44.7 Å². The van der Waals surface area contributed by atoms with Gasteiger partial charge in [0, 0.05) is 23.2 Å². The molecule has 0 saturated heterocycles. The molecule has 0 atom stereocenters. The molecule has 0 aromatic heterocycles. The summed E-state index contributed by atoms with van der Waals surface area (Å²) in [5, 5.41) is 0.640. The molecule has 1 amide bonds. The van der Waals surface area contributed by atoms with Crippen molar-refractivity contribution in [2.75, 3.05) is 6.79 Å². The van der Waals surface area contributed by atoms with Crippen molar-refractivity contribution < 1.29 is 14.3 Å². The van der Waals surface area contributed by atoms with Crippen molar-refractivity contribution in [1.82, 2.24) is 4.90 Å². The van der Waals surface area contributed by atoms with Crippen LogP contribution in [0, 0.1) is 0 Å². The number of ether oxygens (including phenoxy) is 2. The fraction of sp³-hybridized carbons (Fsp3) is 0.381. The van der Waals surface area contributed by atoms with E-state index in [1.54, 1.807) is 24.3 Å². The molecule has 2 aromatic rings. The maximum atomic E-state index is 13.2. The minimum Gasteiger partial charge on any atom is -0.454 e. The summed E-state index contributed by atoms with van der Waals surface area (Å²) in [7, 11) is 0. The lowest BCUT2D eigenvalue weighted by Crippen LogP contribution is -2.41. The first kappa shape index (κ1) is 17.2. The highest BCUT2D eigenvalue weighted by Gasteiger charge is 2.27. The fourth-order valence-corrected chi connectivity index (χ4v) is 3.88. The largest absolute Gasteiger partial charge is 0.454 e. The molecule has 0 bridgehead atoms. The van der Waals surface area contributed by atoms with Crippen LogP contribution in [0.3, 0.4) is 0 Å². The molecule has 5 heteroatoms. The molecule has 1 heterocycles. The highest BCUT2D eigenvalue weighted by molar-refractivity contribution is 6.30. The molecule has 0 radical (unpaired) electrons. The van der Waals surface area contributed by atoms with Gasteiger partial charge in [-0.1, -0.05) is 36.9 Å². The van der Waals surface area contributed by atoms with Gasteiger partial charge in [0.05, 0.1) is 0 Å². The van der Waals surface area contributed by atoms with Gasteiger partial charge in [-0.15, -0.1) is 0 Å². The Balaban J connectivity index is 1.59. The van der Waals surface area contributed by atoms with Gasteiger partial charge < -0.3 is 14.4 Å². The zero-order chi connectivity index (χ0) is 17.9. The van der Waals surface area contributed by atoms with Crippen LogP contribution in [-0.4, -0.2) is 23.6 Å². The number of benzene rings is 2. The predicted molar refractivity (Wildman–Crippen MR) is 101 cm³/mol. The lowest BCUT2D eigenvalue weighted by atomic mass is 9.93. The minimum atomic E-state index is 0.0613. The molecule has 1 saturated carbocycles. The second-order valence-electron chi connectivity index (χ2n) is 6.92. The van der Waals surface area contributed by atoms with E-state index in [0.29, 0.717) is 17.1 Å². The summed E-state index contributed by atoms with van der Waals surface area (Å²) >= 11 is 5.98. The summed E-state index contributed by atoms with van der Waals surface area (Å²) in [6.07, 6.45) is 5.73. The number of hydrogen-bond donors (Lipinski definition) is 0. The smallest absolute Gasteiger partial charge is 0.254 e. The van der Waals surface area contributed by atoms with Gasteiger partial charge in [-0.05, 0) is 54.8 Å². The maximum absolute atomic E-state index is 13.2. The van der Waals surface area contributed by atoms with Crippen LogP contribution in [-0.2, 0) is 6.54 Å². The third-order valence-electron chi connectivity index (χ3n) is 5.16. The van der Waals surface area contributed by atoms with Gasteiger partial charge >= 0.3 is 0 Å². The van der Waals surface area contributed by atoms with Gasteiger partial charge in [0.2, 0.25) is 6.79 Å². The molecular formula is C21H22ClNO3. The monoisotopic (exact) mass is 371 g/mol. The number of hydrogen-bond acceptors (Lipinski definition) is 3. The molecule has 0 N–H and O–H groups in total. The third-order valence-corrected chi connectivity index (χ3v) is 5.41. The first-order valence-electron chi connectivity index (χ1n) is 9.16. The highest BCUT2D eigenvalue weighted by Crippen LogP contribution is 2.34. The molecule has 4 rings (SSSR count). The van der Waals surface area contributed by atoms with Crippen LogP contribution in [0.1, 0.15) is 48.0 Å². The van der Waals surface area contributed by atoms with Gasteiger partial charge in [0.1, 0.15) is 0 Å². The Hall–Kier alpha value is -2.20. The molecule has 26 heavy (non-hydrogen) atoms. The molecule has 0 unspecified atom stereocenters. The molecule has 136 valence electrons.